The number of aryl methyl sites for hydroxylation is 1. The first-order chi connectivity index (χ1) is 11.2. The third-order valence-corrected chi connectivity index (χ3v) is 2.89. The lowest BCUT2D eigenvalue weighted by atomic mass is 10.1. The third kappa shape index (κ3) is 10.9. The number of benzene rings is 3. The van der Waals surface area contributed by atoms with Crippen LogP contribution in [-0.4, -0.2) is 15.7 Å². The first kappa shape index (κ1) is 21.2. The summed E-state index contributed by atoms with van der Waals surface area (Å²) in [5.41, 5.74) is 1.44. The zero-order valence-electron chi connectivity index (χ0n) is 14.0. The minimum absolute atomic E-state index is 0. The summed E-state index contributed by atoms with van der Waals surface area (Å²) in [5, 5.41) is 17.3. The molecule has 0 amide bonds. The van der Waals surface area contributed by atoms with Crippen LogP contribution < -0.4 is 0 Å². The van der Waals surface area contributed by atoms with Crippen LogP contribution in [0.3, 0.4) is 0 Å². The van der Waals surface area contributed by atoms with Crippen LogP contribution in [-0.2, 0) is 6.42 Å². The smallest absolute Gasteiger partial charge is 0.115 e. The molecule has 3 rings (SSSR count). The van der Waals surface area contributed by atoms with Gasteiger partial charge in [0.25, 0.3) is 0 Å². The first-order valence-electron chi connectivity index (χ1n) is 7.74. The predicted molar refractivity (Wildman–Crippen MR) is 100 cm³/mol. The van der Waals surface area contributed by atoms with Crippen molar-refractivity contribution in [2.24, 2.45) is 0 Å². The predicted octanol–water partition coefficient (Wildman–Crippen LogP) is 4.60. The van der Waals surface area contributed by atoms with E-state index in [1.165, 1.54) is 18.4 Å². The Kier molecular flexibility index (Phi) is 12.2. The minimum Gasteiger partial charge on any atom is -0.508 e. The van der Waals surface area contributed by atoms with E-state index in [9.17, 15) is 0 Å². The lowest BCUT2D eigenvalue weighted by Crippen LogP contribution is -1.78. The second kappa shape index (κ2) is 13.9. The molecule has 0 spiro atoms. The lowest BCUT2D eigenvalue weighted by Gasteiger charge is -1.93. The van der Waals surface area contributed by atoms with Gasteiger partial charge in [-0.2, -0.15) is 0 Å². The summed E-state index contributed by atoms with van der Waals surface area (Å²) in [5.74, 6) is 0.644. The Morgan fingerprint density at radius 3 is 1.17 bits per heavy atom. The molecule has 0 saturated carbocycles. The lowest BCUT2D eigenvalue weighted by molar-refractivity contribution is 0.475. The molecule has 0 heterocycles. The zero-order valence-corrected chi connectivity index (χ0v) is 14.0. The zero-order chi connectivity index (χ0) is 16.8. The Morgan fingerprint density at radius 1 is 0.583 bits per heavy atom. The molecule has 4 N–H and O–H groups in total. The molecule has 24 heavy (non-hydrogen) atoms. The van der Waals surface area contributed by atoms with Gasteiger partial charge in [0, 0.05) is 0 Å². The number of hydrogen-bond acceptors (Lipinski definition) is 2. The molecule has 0 radical (unpaired) electrons. The van der Waals surface area contributed by atoms with E-state index >= 15 is 0 Å². The van der Waals surface area contributed by atoms with E-state index in [0.717, 1.165) is 0 Å². The number of hydrogen-bond donors (Lipinski definition) is 2. The van der Waals surface area contributed by atoms with Crippen LogP contribution in [0.4, 0.5) is 0 Å². The molecule has 3 aromatic rings. The Morgan fingerprint density at radius 2 is 0.917 bits per heavy atom. The number of phenols is 2. The Labute approximate surface area is 144 Å². The normalized spacial score (nSPS) is 8.54. The maximum absolute atomic E-state index is 8.63. The quantitative estimate of drug-likeness (QED) is 0.722. The van der Waals surface area contributed by atoms with Crippen LogP contribution >= 0.6 is 0 Å². The van der Waals surface area contributed by atoms with E-state index in [1.807, 2.05) is 12.1 Å². The molecule has 0 aliphatic rings. The van der Waals surface area contributed by atoms with Crippen molar-refractivity contribution in [2.45, 2.75) is 19.8 Å². The highest BCUT2D eigenvalue weighted by molar-refractivity contribution is 5.19. The first-order valence-corrected chi connectivity index (χ1v) is 7.74. The van der Waals surface area contributed by atoms with Gasteiger partial charge in [0.1, 0.15) is 11.5 Å². The van der Waals surface area contributed by atoms with Crippen molar-refractivity contribution in [1.29, 1.82) is 0 Å². The number of rotatable bonds is 2. The van der Waals surface area contributed by atoms with Gasteiger partial charge < -0.3 is 15.7 Å². The van der Waals surface area contributed by atoms with Gasteiger partial charge in [0.05, 0.1) is 0 Å². The second-order valence-corrected chi connectivity index (χ2v) is 4.91. The van der Waals surface area contributed by atoms with Gasteiger partial charge in [-0.1, -0.05) is 80.1 Å². The fraction of sp³-hybridized carbons (Fsp3) is 0.143. The van der Waals surface area contributed by atoms with Gasteiger partial charge in [-0.25, -0.2) is 0 Å². The van der Waals surface area contributed by atoms with Gasteiger partial charge in [0.15, 0.2) is 0 Å². The molecular weight excluding hydrogens is 300 g/mol. The van der Waals surface area contributed by atoms with Crippen molar-refractivity contribution in [3.63, 3.8) is 0 Å². The van der Waals surface area contributed by atoms with Gasteiger partial charge in [-0.3, -0.25) is 0 Å². The molecule has 0 aromatic heterocycles. The van der Waals surface area contributed by atoms with E-state index in [4.69, 9.17) is 10.2 Å². The summed E-state index contributed by atoms with van der Waals surface area (Å²) in [6.45, 7) is 2.20. The molecule has 0 aliphatic heterocycles. The number of phenolic OH excluding ortho intramolecular Hbond substituents is 2. The molecule has 3 nitrogen and oxygen atoms in total. The van der Waals surface area contributed by atoms with Gasteiger partial charge >= 0.3 is 0 Å². The van der Waals surface area contributed by atoms with Crippen LogP contribution in [0.1, 0.15) is 18.9 Å². The fourth-order valence-electron chi connectivity index (χ4n) is 1.79. The van der Waals surface area contributed by atoms with Crippen molar-refractivity contribution < 1.29 is 15.7 Å². The van der Waals surface area contributed by atoms with Crippen molar-refractivity contribution >= 4 is 0 Å². The Bertz CT molecular complexity index is 573. The van der Waals surface area contributed by atoms with Gasteiger partial charge in [0.2, 0.25) is 0 Å². The summed E-state index contributed by atoms with van der Waals surface area (Å²) in [6, 6.07) is 28.0. The van der Waals surface area contributed by atoms with Crippen LogP contribution in [0.5, 0.6) is 11.5 Å². The fourth-order valence-corrected chi connectivity index (χ4v) is 1.79. The van der Waals surface area contributed by atoms with Crippen molar-refractivity contribution in [1.82, 2.24) is 0 Å². The molecule has 0 saturated heterocycles. The highest BCUT2D eigenvalue weighted by atomic mass is 16.3. The maximum atomic E-state index is 8.63. The van der Waals surface area contributed by atoms with Crippen LogP contribution in [0.25, 0.3) is 0 Å². The number of para-hydroxylation sites is 2. The summed E-state index contributed by atoms with van der Waals surface area (Å²) in [7, 11) is 0. The highest BCUT2D eigenvalue weighted by Gasteiger charge is 1.84. The molecule has 3 heteroatoms. The van der Waals surface area contributed by atoms with Crippen LogP contribution in [0.2, 0.25) is 0 Å². The van der Waals surface area contributed by atoms with E-state index < -0.39 is 0 Å². The topological polar surface area (TPSA) is 72.0 Å². The monoisotopic (exact) mass is 326 g/mol. The summed E-state index contributed by atoms with van der Waals surface area (Å²) < 4.78 is 0. The van der Waals surface area contributed by atoms with E-state index in [2.05, 4.69) is 37.3 Å². The SMILES string of the molecule is CCCc1ccccc1.O.Oc1ccccc1.Oc1ccccc1. The summed E-state index contributed by atoms with van der Waals surface area (Å²) in [4.78, 5) is 0. The van der Waals surface area contributed by atoms with E-state index in [1.54, 1.807) is 48.5 Å². The van der Waals surface area contributed by atoms with E-state index in [0.29, 0.717) is 11.5 Å². The Hall–Kier alpha value is -2.78. The van der Waals surface area contributed by atoms with E-state index in [-0.39, 0.29) is 5.48 Å². The molecule has 0 bridgehead atoms. The van der Waals surface area contributed by atoms with Crippen molar-refractivity contribution in [3.05, 3.63) is 96.6 Å². The van der Waals surface area contributed by atoms with Gasteiger partial charge in [-0.15, -0.1) is 0 Å². The molecule has 128 valence electrons. The molecule has 0 aliphatic carbocycles. The second-order valence-electron chi connectivity index (χ2n) is 4.91. The standard InChI is InChI=1S/C9H12.2C6H6O.H2O/c1-2-6-9-7-4-3-5-8-9;2*7-6-4-2-1-3-5-6;/h3-5,7-8H,2,6H2,1H3;2*1-5,7H;1H2. The molecule has 3 aromatic carbocycles. The highest BCUT2D eigenvalue weighted by Crippen LogP contribution is 2.03. The van der Waals surface area contributed by atoms with Crippen LogP contribution in [0, 0.1) is 0 Å². The molecule has 0 unspecified atom stereocenters. The van der Waals surface area contributed by atoms with Crippen LogP contribution in [0.15, 0.2) is 91.0 Å². The molecule has 0 fully saturated rings. The third-order valence-electron chi connectivity index (χ3n) is 2.89. The Balaban J connectivity index is 0.000000327. The average molecular weight is 326 g/mol. The maximum Gasteiger partial charge on any atom is 0.115 e. The molecule has 0 atom stereocenters. The van der Waals surface area contributed by atoms with Crippen molar-refractivity contribution in [3.8, 4) is 11.5 Å². The average Bonchev–Trinajstić information content (AvgIpc) is 2.59. The largest absolute Gasteiger partial charge is 0.508 e. The van der Waals surface area contributed by atoms with Gasteiger partial charge in [-0.05, 0) is 36.2 Å². The number of aromatic hydroxyl groups is 2. The minimum atomic E-state index is 0. The molecular formula is C21H26O3. The van der Waals surface area contributed by atoms with Crippen molar-refractivity contribution in [2.75, 3.05) is 0 Å². The summed E-state index contributed by atoms with van der Waals surface area (Å²) >= 11 is 0. The summed E-state index contributed by atoms with van der Waals surface area (Å²) in [6.07, 6.45) is 2.45.